The van der Waals surface area contributed by atoms with Gasteiger partial charge >= 0.3 is 5.91 Å². The molecule has 0 aromatic heterocycles. The van der Waals surface area contributed by atoms with Gasteiger partial charge in [-0.3, -0.25) is 10.7 Å². The van der Waals surface area contributed by atoms with E-state index in [-0.39, 0.29) is 11.8 Å². The van der Waals surface area contributed by atoms with Crippen LogP contribution in [0.5, 0.6) is 5.75 Å². The molecule has 26 heavy (non-hydrogen) atoms. The summed E-state index contributed by atoms with van der Waals surface area (Å²) in [6.45, 7) is 2.68. The van der Waals surface area contributed by atoms with Crippen LogP contribution in [-0.2, 0) is 11.2 Å². The Kier molecular flexibility index (Phi) is 4.60. The van der Waals surface area contributed by atoms with Crippen molar-refractivity contribution >= 4 is 11.6 Å². The van der Waals surface area contributed by atoms with E-state index < -0.39 is 0 Å². The molecule has 4 heteroatoms. The predicted molar refractivity (Wildman–Crippen MR) is 102 cm³/mol. The van der Waals surface area contributed by atoms with Gasteiger partial charge in [0.2, 0.25) is 0 Å². The zero-order chi connectivity index (χ0) is 18.1. The lowest BCUT2D eigenvalue weighted by Crippen LogP contribution is -2.58. The van der Waals surface area contributed by atoms with Gasteiger partial charge < -0.3 is 4.74 Å². The Morgan fingerprint density at radius 1 is 1.19 bits per heavy atom. The standard InChI is InChI=1S/C22H24N2O2/c1-14-10-17(19-4-2-3-5-21(19)24-14)13-26-18-8-6-15(7-9-18)11-16-12-20(16)22(23)25/h2-3,6-10,12,19-21H,4-5,11,13H2,1H3,(H2,23,25)/p+1. The Labute approximate surface area is 154 Å². The molecule has 0 spiro atoms. The number of carbonyl (C=O) groups is 1. The number of carbonyl (C=O) groups excluding carboxylic acids is 1. The quantitative estimate of drug-likeness (QED) is 0.803. The lowest BCUT2D eigenvalue weighted by Gasteiger charge is -2.31. The largest absolute Gasteiger partial charge is 0.489 e. The van der Waals surface area contributed by atoms with Crippen molar-refractivity contribution in [2.45, 2.75) is 32.2 Å². The minimum Gasteiger partial charge on any atom is -0.489 e. The fourth-order valence-electron chi connectivity index (χ4n) is 3.90. The Balaban J connectivity index is 1.35. The fourth-order valence-corrected chi connectivity index (χ4v) is 3.90. The minimum absolute atomic E-state index is 0.00425. The van der Waals surface area contributed by atoms with Crippen LogP contribution in [0.4, 0.5) is 0 Å². The van der Waals surface area contributed by atoms with Crippen LogP contribution < -0.4 is 10.5 Å². The summed E-state index contributed by atoms with van der Waals surface area (Å²) in [5, 5.41) is 0. The number of amides is 1. The van der Waals surface area contributed by atoms with E-state index in [1.165, 1.54) is 16.7 Å². The fraction of sp³-hybridized carbons (Fsp3) is 0.364. The average Bonchev–Trinajstić information content (AvgIpc) is 3.40. The molecule has 0 saturated carbocycles. The Morgan fingerprint density at radius 3 is 2.69 bits per heavy atom. The van der Waals surface area contributed by atoms with Crippen LogP contribution in [0.2, 0.25) is 0 Å². The molecule has 0 saturated heterocycles. The van der Waals surface area contributed by atoms with E-state index in [9.17, 15) is 4.79 Å². The Morgan fingerprint density at radius 2 is 1.96 bits per heavy atom. The summed E-state index contributed by atoms with van der Waals surface area (Å²) in [5.41, 5.74) is 8.30. The van der Waals surface area contributed by atoms with Crippen molar-refractivity contribution in [3.05, 3.63) is 65.3 Å². The number of aliphatic imine (C=N–C) groups is 1. The van der Waals surface area contributed by atoms with Gasteiger partial charge in [0, 0.05) is 11.6 Å². The zero-order valence-corrected chi connectivity index (χ0v) is 15.2. The summed E-state index contributed by atoms with van der Waals surface area (Å²) in [4.78, 5) is 16.0. The number of hydrogen-bond acceptors (Lipinski definition) is 3. The molecule has 3 unspecified atom stereocenters. The number of dihydropyridines is 1. The van der Waals surface area contributed by atoms with Gasteiger partial charge in [-0.15, -0.1) is 0 Å². The molecule has 4 nitrogen and oxygen atoms in total. The number of allylic oxidation sites excluding steroid dienone is 2. The van der Waals surface area contributed by atoms with Gasteiger partial charge in [-0.25, -0.2) is 4.79 Å². The maximum absolute atomic E-state index is 11.2. The van der Waals surface area contributed by atoms with E-state index in [2.05, 4.69) is 43.0 Å². The van der Waals surface area contributed by atoms with Gasteiger partial charge in [0.05, 0.1) is 6.04 Å². The van der Waals surface area contributed by atoms with Crippen molar-refractivity contribution in [2.24, 2.45) is 16.8 Å². The summed E-state index contributed by atoms with van der Waals surface area (Å²) in [7, 11) is 0. The van der Waals surface area contributed by atoms with Gasteiger partial charge in [-0.1, -0.05) is 30.4 Å². The zero-order valence-electron chi connectivity index (χ0n) is 15.2. The third kappa shape index (κ3) is 3.70. The highest BCUT2D eigenvalue weighted by Gasteiger charge is 2.32. The van der Waals surface area contributed by atoms with Crippen LogP contribution in [0.25, 0.3) is 0 Å². The molecule has 0 fully saturated rings. The van der Waals surface area contributed by atoms with Crippen molar-refractivity contribution in [3.8, 4) is 5.75 Å². The summed E-state index contributed by atoms with van der Waals surface area (Å²) in [6, 6.07) is 8.56. The van der Waals surface area contributed by atoms with Crippen LogP contribution in [-0.4, -0.2) is 24.3 Å². The number of fused-ring (bicyclic) bond motifs is 1. The molecular formula is C22H25N2O2+. The first kappa shape index (κ1) is 17.0. The van der Waals surface area contributed by atoms with Crippen LogP contribution >= 0.6 is 0 Å². The number of ether oxygens (including phenoxy) is 1. The topological polar surface area (TPSA) is 66.3 Å². The number of benzene rings is 1. The molecule has 3 N–H and O–H groups in total. The van der Waals surface area contributed by atoms with Crippen LogP contribution in [0.15, 0.2) is 64.7 Å². The molecule has 3 aliphatic rings. The molecule has 0 bridgehead atoms. The molecule has 1 aliphatic heterocycles. The monoisotopic (exact) mass is 349 g/mol. The van der Waals surface area contributed by atoms with Crippen molar-refractivity contribution < 1.29 is 15.3 Å². The highest BCUT2D eigenvalue weighted by Crippen LogP contribution is 2.33. The SMILES string of the molecule is CC1=NC2CC=CCC2C(COc2ccc(CC3=CC3C([NH3+])=O)cc2)=C1. The van der Waals surface area contributed by atoms with E-state index in [0.717, 1.165) is 30.7 Å². The van der Waals surface area contributed by atoms with Gasteiger partial charge in [0.1, 0.15) is 18.3 Å². The highest BCUT2D eigenvalue weighted by atomic mass is 16.5. The summed E-state index contributed by atoms with van der Waals surface area (Å²) in [5.74, 6) is 1.33. The number of nitrogens with zero attached hydrogens (tertiary/aromatic N) is 1. The molecule has 134 valence electrons. The molecule has 1 amide bonds. The highest BCUT2D eigenvalue weighted by molar-refractivity contribution is 5.94. The third-order valence-electron chi connectivity index (χ3n) is 5.39. The van der Waals surface area contributed by atoms with Crippen LogP contribution in [0, 0.1) is 11.8 Å². The number of rotatable bonds is 6. The first-order chi connectivity index (χ1) is 12.6. The second-order valence-corrected chi connectivity index (χ2v) is 7.40. The molecule has 1 aromatic carbocycles. The van der Waals surface area contributed by atoms with E-state index in [1.807, 2.05) is 18.2 Å². The van der Waals surface area contributed by atoms with Crippen molar-refractivity contribution in [2.75, 3.05) is 6.61 Å². The first-order valence-corrected chi connectivity index (χ1v) is 9.28. The van der Waals surface area contributed by atoms with Crippen molar-refractivity contribution in [1.82, 2.24) is 0 Å². The molecule has 4 rings (SSSR count). The molecule has 1 heterocycles. The Bertz CT molecular complexity index is 830. The van der Waals surface area contributed by atoms with Gasteiger partial charge in [-0.05, 0) is 61.1 Å². The van der Waals surface area contributed by atoms with E-state index >= 15 is 0 Å². The summed E-state index contributed by atoms with van der Waals surface area (Å²) < 4.78 is 6.05. The third-order valence-corrected chi connectivity index (χ3v) is 5.39. The van der Waals surface area contributed by atoms with E-state index in [1.54, 1.807) is 0 Å². The smallest absolute Gasteiger partial charge is 0.319 e. The van der Waals surface area contributed by atoms with Crippen molar-refractivity contribution in [1.29, 1.82) is 0 Å². The van der Waals surface area contributed by atoms with Crippen LogP contribution in [0.3, 0.4) is 0 Å². The number of quaternary nitrogens is 1. The molecule has 1 aromatic rings. The predicted octanol–water partition coefficient (Wildman–Crippen LogP) is 2.67. The molecule has 0 radical (unpaired) electrons. The summed E-state index contributed by atoms with van der Waals surface area (Å²) >= 11 is 0. The first-order valence-electron chi connectivity index (χ1n) is 9.28. The number of hydrogen-bond donors (Lipinski definition) is 1. The van der Waals surface area contributed by atoms with E-state index in [4.69, 9.17) is 9.73 Å². The summed E-state index contributed by atoms with van der Waals surface area (Å²) in [6.07, 6.45) is 11.6. The normalized spacial score (nSPS) is 26.4. The maximum atomic E-state index is 11.2. The average molecular weight is 349 g/mol. The minimum atomic E-state index is -0.0217. The van der Waals surface area contributed by atoms with Crippen molar-refractivity contribution in [3.63, 3.8) is 0 Å². The molecular weight excluding hydrogens is 324 g/mol. The lowest BCUT2D eigenvalue weighted by atomic mass is 9.81. The second kappa shape index (κ2) is 7.04. The van der Waals surface area contributed by atoms with Crippen LogP contribution in [0.1, 0.15) is 25.3 Å². The lowest BCUT2D eigenvalue weighted by molar-refractivity contribution is -0.307. The molecule has 2 aliphatic carbocycles. The van der Waals surface area contributed by atoms with Gasteiger partial charge in [0.15, 0.2) is 0 Å². The molecule has 3 atom stereocenters. The van der Waals surface area contributed by atoms with Gasteiger partial charge in [-0.2, -0.15) is 0 Å². The second-order valence-electron chi connectivity index (χ2n) is 7.40. The Hall–Kier alpha value is -2.46. The maximum Gasteiger partial charge on any atom is 0.319 e. The van der Waals surface area contributed by atoms with Gasteiger partial charge in [0.25, 0.3) is 0 Å². The van der Waals surface area contributed by atoms with E-state index in [0.29, 0.717) is 18.6 Å².